The summed E-state index contributed by atoms with van der Waals surface area (Å²) < 4.78 is 0. The number of rotatable bonds is 1. The molecule has 0 atom stereocenters. The Morgan fingerprint density at radius 3 is 2.40 bits per heavy atom. The van der Waals surface area contributed by atoms with Crippen molar-refractivity contribution in [2.75, 3.05) is 7.05 Å². The van der Waals surface area contributed by atoms with Gasteiger partial charge in [-0.15, -0.1) is 0 Å². The van der Waals surface area contributed by atoms with Crippen molar-refractivity contribution < 1.29 is 0 Å². The van der Waals surface area contributed by atoms with E-state index in [0.717, 1.165) is 12.8 Å². The third-order valence-corrected chi connectivity index (χ3v) is 2.75. The number of fused-ring (bicyclic) bond motifs is 1. The second-order valence-corrected chi connectivity index (χ2v) is 3.73. The minimum atomic E-state index is 0.400. The van der Waals surface area contributed by atoms with Gasteiger partial charge in [0.15, 0.2) is 0 Å². The predicted octanol–water partition coefficient (Wildman–Crippen LogP) is 0.193. The molecule has 0 amide bonds. The van der Waals surface area contributed by atoms with Gasteiger partial charge in [0.25, 0.3) is 0 Å². The first kappa shape index (κ1) is 9.98. The van der Waals surface area contributed by atoms with Crippen LogP contribution in [-0.2, 0) is 12.8 Å². The Hall–Kier alpha value is -1.55. The number of guanidine groups is 1. The molecule has 4 N–H and O–H groups in total. The molecule has 1 aliphatic rings. The van der Waals surface area contributed by atoms with Gasteiger partial charge in [0.2, 0.25) is 5.96 Å². The quantitative estimate of drug-likeness (QED) is 0.265. The Labute approximate surface area is 89.6 Å². The van der Waals surface area contributed by atoms with Gasteiger partial charge in [0.05, 0.1) is 0 Å². The summed E-state index contributed by atoms with van der Waals surface area (Å²) in [5.74, 6) is 5.97. The van der Waals surface area contributed by atoms with Gasteiger partial charge in [-0.2, -0.15) is 0 Å². The minimum Gasteiger partial charge on any atom is -0.352 e. The first-order valence-corrected chi connectivity index (χ1v) is 5.10. The summed E-state index contributed by atoms with van der Waals surface area (Å²) in [7, 11) is 1.71. The molecule has 0 unspecified atom stereocenters. The molecule has 4 nitrogen and oxygen atoms in total. The van der Waals surface area contributed by atoms with E-state index in [1.54, 1.807) is 7.05 Å². The summed E-state index contributed by atoms with van der Waals surface area (Å²) in [6, 6.07) is 8.91. The van der Waals surface area contributed by atoms with Gasteiger partial charge >= 0.3 is 0 Å². The summed E-state index contributed by atoms with van der Waals surface area (Å²) in [4.78, 5) is 4.00. The van der Waals surface area contributed by atoms with E-state index in [0.29, 0.717) is 12.0 Å². The maximum atomic E-state index is 5.32. The second-order valence-electron chi connectivity index (χ2n) is 3.73. The van der Waals surface area contributed by atoms with Crippen molar-refractivity contribution in [3.05, 3.63) is 35.4 Å². The maximum Gasteiger partial charge on any atom is 0.205 e. The molecule has 1 aromatic rings. The summed E-state index contributed by atoms with van der Waals surface area (Å²) in [6.45, 7) is 0. The Morgan fingerprint density at radius 2 is 1.93 bits per heavy atom. The van der Waals surface area contributed by atoms with Crippen molar-refractivity contribution in [1.29, 1.82) is 0 Å². The highest BCUT2D eigenvalue weighted by molar-refractivity contribution is 5.79. The molecule has 0 spiro atoms. The molecule has 0 aromatic heterocycles. The van der Waals surface area contributed by atoms with Crippen molar-refractivity contribution in [3.63, 3.8) is 0 Å². The number of nitrogens with two attached hydrogens (primary N) is 1. The van der Waals surface area contributed by atoms with Crippen LogP contribution in [-0.4, -0.2) is 19.0 Å². The van der Waals surface area contributed by atoms with E-state index in [1.165, 1.54) is 11.1 Å². The van der Waals surface area contributed by atoms with E-state index in [4.69, 9.17) is 5.84 Å². The zero-order valence-electron chi connectivity index (χ0n) is 8.83. The first-order chi connectivity index (χ1) is 7.33. The molecule has 0 saturated heterocycles. The van der Waals surface area contributed by atoms with Gasteiger partial charge < -0.3 is 5.32 Å². The van der Waals surface area contributed by atoms with Gasteiger partial charge in [0.1, 0.15) is 0 Å². The van der Waals surface area contributed by atoms with Gasteiger partial charge in [-0.1, -0.05) is 24.3 Å². The van der Waals surface area contributed by atoms with Crippen LogP contribution in [0.1, 0.15) is 11.1 Å². The molecule has 15 heavy (non-hydrogen) atoms. The van der Waals surface area contributed by atoms with E-state index in [9.17, 15) is 0 Å². The lowest BCUT2D eigenvalue weighted by atomic mass is 10.1. The highest BCUT2D eigenvalue weighted by Gasteiger charge is 2.21. The SMILES string of the molecule is CN=C(NN)NC1Cc2ccccc2C1. The zero-order chi connectivity index (χ0) is 10.7. The monoisotopic (exact) mass is 204 g/mol. The number of hydrazine groups is 1. The van der Waals surface area contributed by atoms with Crippen LogP contribution in [0.4, 0.5) is 0 Å². The van der Waals surface area contributed by atoms with Crippen molar-refractivity contribution in [2.24, 2.45) is 10.8 Å². The average molecular weight is 204 g/mol. The zero-order valence-corrected chi connectivity index (χ0v) is 8.83. The number of nitrogens with zero attached hydrogens (tertiary/aromatic N) is 1. The fourth-order valence-electron chi connectivity index (χ4n) is 2.03. The number of benzene rings is 1. The third kappa shape index (κ3) is 2.10. The Bertz CT molecular complexity index is 348. The molecule has 0 bridgehead atoms. The number of hydrogen-bond acceptors (Lipinski definition) is 2. The van der Waals surface area contributed by atoms with E-state index in [2.05, 4.69) is 40.0 Å². The number of aliphatic imine (C=N–C) groups is 1. The Morgan fingerprint density at radius 1 is 1.33 bits per heavy atom. The van der Waals surface area contributed by atoms with Crippen LogP contribution in [0.2, 0.25) is 0 Å². The van der Waals surface area contributed by atoms with Crippen molar-refractivity contribution in [3.8, 4) is 0 Å². The van der Waals surface area contributed by atoms with Crippen molar-refractivity contribution in [2.45, 2.75) is 18.9 Å². The van der Waals surface area contributed by atoms with Crippen LogP contribution in [0.15, 0.2) is 29.3 Å². The van der Waals surface area contributed by atoms with Crippen LogP contribution >= 0.6 is 0 Å². The van der Waals surface area contributed by atoms with Gasteiger partial charge in [0, 0.05) is 13.1 Å². The minimum absolute atomic E-state index is 0.400. The fraction of sp³-hybridized carbons (Fsp3) is 0.364. The first-order valence-electron chi connectivity index (χ1n) is 5.10. The fourth-order valence-corrected chi connectivity index (χ4v) is 2.03. The highest BCUT2D eigenvalue weighted by Crippen LogP contribution is 2.21. The molecule has 4 heteroatoms. The maximum absolute atomic E-state index is 5.32. The highest BCUT2D eigenvalue weighted by atomic mass is 15.3. The molecular formula is C11H16N4. The number of nitrogens with one attached hydrogen (secondary N) is 2. The molecule has 0 heterocycles. The molecule has 0 fully saturated rings. The van der Waals surface area contributed by atoms with Crippen LogP contribution in [0.25, 0.3) is 0 Å². The average Bonchev–Trinajstić information content (AvgIpc) is 2.68. The van der Waals surface area contributed by atoms with E-state index < -0.39 is 0 Å². The van der Waals surface area contributed by atoms with Crippen LogP contribution in [0.3, 0.4) is 0 Å². The number of hydrogen-bond donors (Lipinski definition) is 3. The van der Waals surface area contributed by atoms with Crippen LogP contribution < -0.4 is 16.6 Å². The predicted molar refractivity (Wildman–Crippen MR) is 61.5 cm³/mol. The molecular weight excluding hydrogens is 188 g/mol. The summed E-state index contributed by atoms with van der Waals surface area (Å²) in [5, 5.41) is 3.28. The lowest BCUT2D eigenvalue weighted by Gasteiger charge is -2.14. The molecule has 1 aromatic carbocycles. The second kappa shape index (κ2) is 4.31. The smallest absolute Gasteiger partial charge is 0.205 e. The lowest BCUT2D eigenvalue weighted by molar-refractivity contribution is 0.628. The van der Waals surface area contributed by atoms with Gasteiger partial charge in [-0.05, 0) is 24.0 Å². The summed E-state index contributed by atoms with van der Waals surface area (Å²) >= 11 is 0. The van der Waals surface area contributed by atoms with E-state index in [1.807, 2.05) is 0 Å². The Balaban J connectivity index is 2.01. The molecule has 0 radical (unpaired) electrons. The molecule has 0 saturated carbocycles. The normalized spacial score (nSPS) is 16.3. The topological polar surface area (TPSA) is 62.4 Å². The van der Waals surface area contributed by atoms with Crippen molar-refractivity contribution >= 4 is 5.96 Å². The van der Waals surface area contributed by atoms with Crippen molar-refractivity contribution in [1.82, 2.24) is 10.7 Å². The molecule has 1 aliphatic carbocycles. The Kier molecular flexibility index (Phi) is 2.87. The lowest BCUT2D eigenvalue weighted by Crippen LogP contribution is -2.46. The standard InChI is InChI=1S/C11H16N4/c1-13-11(15-12)14-10-6-8-4-2-3-5-9(8)7-10/h2-5,10H,6-7,12H2,1H3,(H2,13,14,15). The molecule has 0 aliphatic heterocycles. The molecule has 2 rings (SSSR count). The van der Waals surface area contributed by atoms with Gasteiger partial charge in [-0.25, -0.2) is 5.84 Å². The van der Waals surface area contributed by atoms with E-state index >= 15 is 0 Å². The van der Waals surface area contributed by atoms with Gasteiger partial charge in [-0.3, -0.25) is 10.4 Å². The van der Waals surface area contributed by atoms with Crippen LogP contribution in [0.5, 0.6) is 0 Å². The third-order valence-electron chi connectivity index (χ3n) is 2.75. The largest absolute Gasteiger partial charge is 0.352 e. The van der Waals surface area contributed by atoms with E-state index in [-0.39, 0.29) is 0 Å². The van der Waals surface area contributed by atoms with Crippen LogP contribution in [0, 0.1) is 0 Å². The summed E-state index contributed by atoms with van der Waals surface area (Å²) in [5.41, 5.74) is 5.38. The summed E-state index contributed by atoms with van der Waals surface area (Å²) in [6.07, 6.45) is 2.08. The molecule has 80 valence electrons.